The summed E-state index contributed by atoms with van der Waals surface area (Å²) < 4.78 is 11.2. The molecule has 0 aromatic heterocycles. The number of benzene rings is 2. The van der Waals surface area contributed by atoms with Crippen LogP contribution in [-0.4, -0.2) is 31.6 Å². The number of rotatable bonds is 5. The Labute approximate surface area is 162 Å². The average Bonchev–Trinajstić information content (AvgIpc) is 2.90. The van der Waals surface area contributed by atoms with Crippen molar-refractivity contribution in [2.45, 2.75) is 19.9 Å². The first-order valence-electron chi connectivity index (χ1n) is 8.72. The van der Waals surface area contributed by atoms with E-state index in [1.54, 1.807) is 30.3 Å². The van der Waals surface area contributed by atoms with E-state index < -0.39 is 0 Å². The summed E-state index contributed by atoms with van der Waals surface area (Å²) in [6, 6.07) is 10.7. The zero-order chi connectivity index (χ0) is 19.2. The fraction of sp³-hybridized carbons (Fsp3) is 0.300. The second-order valence-electron chi connectivity index (χ2n) is 6.28. The topological polar surface area (TPSA) is 76.7 Å². The van der Waals surface area contributed by atoms with Crippen LogP contribution in [0, 0.1) is 6.92 Å². The molecule has 0 atom stereocenters. The molecule has 6 nitrogen and oxygen atoms in total. The van der Waals surface area contributed by atoms with Crippen LogP contribution in [0.25, 0.3) is 0 Å². The molecule has 0 saturated heterocycles. The van der Waals surface area contributed by atoms with E-state index in [-0.39, 0.29) is 24.9 Å². The standard InChI is InChI=1S/C20H21ClN2O4/c1-13-4-2-5-15(8-13)20(25)23-12-18(24)22-11-14-9-16(21)19-17(10-14)26-6-3-7-27-19/h2,4-5,8-10H,3,6-7,11-12H2,1H3,(H,22,24)(H,23,25). The van der Waals surface area contributed by atoms with Crippen LogP contribution in [0.15, 0.2) is 36.4 Å². The molecule has 2 aromatic rings. The molecular weight excluding hydrogens is 368 g/mol. The van der Waals surface area contributed by atoms with E-state index in [0.29, 0.717) is 35.3 Å². The second kappa shape index (κ2) is 8.77. The zero-order valence-corrected chi connectivity index (χ0v) is 15.8. The monoisotopic (exact) mass is 388 g/mol. The minimum absolute atomic E-state index is 0.106. The fourth-order valence-electron chi connectivity index (χ4n) is 2.70. The van der Waals surface area contributed by atoms with Crippen molar-refractivity contribution in [1.82, 2.24) is 10.6 Å². The highest BCUT2D eigenvalue weighted by Gasteiger charge is 2.16. The van der Waals surface area contributed by atoms with Gasteiger partial charge in [0.05, 0.1) is 24.8 Å². The number of carbonyl (C=O) groups is 2. The quantitative estimate of drug-likeness (QED) is 0.825. The Morgan fingerprint density at radius 3 is 2.74 bits per heavy atom. The van der Waals surface area contributed by atoms with E-state index in [1.807, 2.05) is 13.0 Å². The molecule has 2 N–H and O–H groups in total. The smallest absolute Gasteiger partial charge is 0.251 e. The van der Waals surface area contributed by atoms with Gasteiger partial charge in [0.25, 0.3) is 5.91 Å². The lowest BCUT2D eigenvalue weighted by atomic mass is 10.1. The number of aryl methyl sites for hydroxylation is 1. The highest BCUT2D eigenvalue weighted by atomic mass is 35.5. The van der Waals surface area contributed by atoms with Crippen LogP contribution in [0.2, 0.25) is 5.02 Å². The van der Waals surface area contributed by atoms with E-state index in [1.165, 1.54) is 0 Å². The van der Waals surface area contributed by atoms with Gasteiger partial charge in [0.2, 0.25) is 5.91 Å². The predicted molar refractivity (Wildman–Crippen MR) is 102 cm³/mol. The van der Waals surface area contributed by atoms with Crippen molar-refractivity contribution in [1.29, 1.82) is 0 Å². The maximum Gasteiger partial charge on any atom is 0.251 e. The lowest BCUT2D eigenvalue weighted by molar-refractivity contribution is -0.120. The van der Waals surface area contributed by atoms with E-state index >= 15 is 0 Å². The molecule has 0 aliphatic carbocycles. The molecule has 0 bridgehead atoms. The van der Waals surface area contributed by atoms with Crippen molar-refractivity contribution in [2.75, 3.05) is 19.8 Å². The van der Waals surface area contributed by atoms with Crippen molar-refractivity contribution < 1.29 is 19.1 Å². The Morgan fingerprint density at radius 1 is 1.11 bits per heavy atom. The van der Waals surface area contributed by atoms with Crippen LogP contribution in [0.1, 0.15) is 27.9 Å². The Bertz CT molecular complexity index is 854. The van der Waals surface area contributed by atoms with Crippen LogP contribution < -0.4 is 20.1 Å². The molecule has 1 aliphatic heterocycles. The van der Waals surface area contributed by atoms with Gasteiger partial charge in [-0.05, 0) is 36.8 Å². The lowest BCUT2D eigenvalue weighted by Gasteiger charge is -2.12. The summed E-state index contributed by atoms with van der Waals surface area (Å²) in [7, 11) is 0. The Hall–Kier alpha value is -2.73. The van der Waals surface area contributed by atoms with Gasteiger partial charge in [-0.15, -0.1) is 0 Å². The van der Waals surface area contributed by atoms with Crippen LogP contribution >= 0.6 is 11.6 Å². The van der Waals surface area contributed by atoms with Crippen molar-refractivity contribution in [3.63, 3.8) is 0 Å². The Morgan fingerprint density at radius 2 is 1.93 bits per heavy atom. The molecule has 7 heteroatoms. The molecular formula is C20H21ClN2O4. The van der Waals surface area contributed by atoms with Gasteiger partial charge < -0.3 is 20.1 Å². The fourth-order valence-corrected chi connectivity index (χ4v) is 2.99. The van der Waals surface area contributed by atoms with Gasteiger partial charge in [0.15, 0.2) is 11.5 Å². The van der Waals surface area contributed by atoms with Gasteiger partial charge in [-0.25, -0.2) is 0 Å². The van der Waals surface area contributed by atoms with E-state index in [2.05, 4.69) is 10.6 Å². The number of amides is 2. The van der Waals surface area contributed by atoms with E-state index in [4.69, 9.17) is 21.1 Å². The summed E-state index contributed by atoms with van der Waals surface area (Å²) >= 11 is 6.24. The number of hydrogen-bond acceptors (Lipinski definition) is 4. The number of hydrogen-bond donors (Lipinski definition) is 2. The lowest BCUT2D eigenvalue weighted by Crippen LogP contribution is -2.36. The first-order valence-corrected chi connectivity index (χ1v) is 9.10. The number of fused-ring (bicyclic) bond motifs is 1. The Kier molecular flexibility index (Phi) is 6.19. The maximum absolute atomic E-state index is 12.1. The average molecular weight is 389 g/mol. The SMILES string of the molecule is Cc1cccc(C(=O)NCC(=O)NCc2cc(Cl)c3c(c2)OCCCO3)c1. The van der Waals surface area contributed by atoms with E-state index in [0.717, 1.165) is 17.5 Å². The molecule has 0 saturated carbocycles. The summed E-state index contributed by atoms with van der Waals surface area (Å²) in [4.78, 5) is 24.1. The molecule has 0 unspecified atom stereocenters. The largest absolute Gasteiger partial charge is 0.489 e. The van der Waals surface area contributed by atoms with Crippen molar-refractivity contribution in [3.05, 3.63) is 58.1 Å². The number of nitrogens with one attached hydrogen (secondary N) is 2. The molecule has 2 aromatic carbocycles. The van der Waals surface area contributed by atoms with Gasteiger partial charge >= 0.3 is 0 Å². The van der Waals surface area contributed by atoms with Gasteiger partial charge in [-0.2, -0.15) is 0 Å². The summed E-state index contributed by atoms with van der Waals surface area (Å²) in [6.45, 7) is 3.19. The predicted octanol–water partition coefficient (Wildman–Crippen LogP) is 2.86. The molecule has 0 radical (unpaired) electrons. The maximum atomic E-state index is 12.1. The third kappa shape index (κ3) is 5.14. The minimum Gasteiger partial charge on any atom is -0.489 e. The summed E-state index contributed by atoms with van der Waals surface area (Å²) in [5.41, 5.74) is 2.30. The van der Waals surface area contributed by atoms with Crippen LogP contribution in [0.3, 0.4) is 0 Å². The van der Waals surface area contributed by atoms with Gasteiger partial charge in [-0.3, -0.25) is 9.59 Å². The molecule has 1 heterocycles. The van der Waals surface area contributed by atoms with Crippen molar-refractivity contribution in [3.8, 4) is 11.5 Å². The molecule has 0 spiro atoms. The van der Waals surface area contributed by atoms with Crippen molar-refractivity contribution >= 4 is 23.4 Å². The van der Waals surface area contributed by atoms with Gasteiger partial charge in [0.1, 0.15) is 0 Å². The summed E-state index contributed by atoms with van der Waals surface area (Å²) in [5.74, 6) is 0.540. The highest BCUT2D eigenvalue weighted by molar-refractivity contribution is 6.32. The third-order valence-corrected chi connectivity index (χ3v) is 4.32. The van der Waals surface area contributed by atoms with Gasteiger partial charge in [-0.1, -0.05) is 29.3 Å². The van der Waals surface area contributed by atoms with Crippen molar-refractivity contribution in [2.24, 2.45) is 0 Å². The van der Waals surface area contributed by atoms with Crippen LogP contribution in [0.4, 0.5) is 0 Å². The molecule has 27 heavy (non-hydrogen) atoms. The number of carbonyl (C=O) groups excluding carboxylic acids is 2. The minimum atomic E-state index is -0.292. The molecule has 142 valence electrons. The normalized spacial score (nSPS) is 12.8. The van der Waals surface area contributed by atoms with Crippen LogP contribution in [0.5, 0.6) is 11.5 Å². The summed E-state index contributed by atoms with van der Waals surface area (Å²) in [6.07, 6.45) is 0.789. The number of halogens is 1. The first-order chi connectivity index (χ1) is 13.0. The van der Waals surface area contributed by atoms with Crippen LogP contribution in [-0.2, 0) is 11.3 Å². The Balaban J connectivity index is 1.53. The molecule has 1 aliphatic rings. The number of ether oxygens (including phenoxy) is 2. The molecule has 3 rings (SSSR count). The second-order valence-corrected chi connectivity index (χ2v) is 6.69. The third-order valence-electron chi connectivity index (χ3n) is 4.04. The molecule has 0 fully saturated rings. The first kappa shape index (κ1) is 19.0. The van der Waals surface area contributed by atoms with E-state index in [9.17, 15) is 9.59 Å². The molecule has 2 amide bonds. The zero-order valence-electron chi connectivity index (χ0n) is 15.0. The highest BCUT2D eigenvalue weighted by Crippen LogP contribution is 2.37. The van der Waals surface area contributed by atoms with Gasteiger partial charge in [0, 0.05) is 18.5 Å². The summed E-state index contributed by atoms with van der Waals surface area (Å²) in [5, 5.41) is 5.82.